The summed E-state index contributed by atoms with van der Waals surface area (Å²) in [5.41, 5.74) is 1.28. The fourth-order valence-corrected chi connectivity index (χ4v) is 2.35. The predicted octanol–water partition coefficient (Wildman–Crippen LogP) is 2.29. The number of carbonyl (C=O) groups excluding carboxylic acids is 1. The molecule has 1 aliphatic rings. The predicted molar refractivity (Wildman–Crippen MR) is 121 cm³/mol. The standard InChI is InChI=1S/C20H32N4O2.HI/c1-24(2)19(25)15-23-20(21-12-6-14-26-16-18-9-10-18)22-13-11-17-7-4-3-5-8-17;/h3-5,7-8,18H,6,9-16H2,1-2H3,(H2,21,22,23);1H. The maximum Gasteiger partial charge on any atom is 0.243 e. The van der Waals surface area contributed by atoms with Gasteiger partial charge >= 0.3 is 0 Å². The molecule has 0 saturated heterocycles. The number of benzene rings is 1. The van der Waals surface area contributed by atoms with Gasteiger partial charge < -0.3 is 20.3 Å². The van der Waals surface area contributed by atoms with Gasteiger partial charge in [-0.3, -0.25) is 4.79 Å². The second kappa shape index (κ2) is 13.8. The number of hydrogen-bond donors (Lipinski definition) is 2. The lowest BCUT2D eigenvalue weighted by Crippen LogP contribution is -2.40. The van der Waals surface area contributed by atoms with E-state index < -0.39 is 0 Å². The van der Waals surface area contributed by atoms with Gasteiger partial charge in [-0.25, -0.2) is 4.99 Å². The molecule has 0 aliphatic heterocycles. The average molecular weight is 488 g/mol. The molecule has 0 heterocycles. The van der Waals surface area contributed by atoms with Crippen molar-refractivity contribution in [3.8, 4) is 0 Å². The van der Waals surface area contributed by atoms with Gasteiger partial charge in [-0.15, -0.1) is 24.0 Å². The molecule has 152 valence electrons. The average Bonchev–Trinajstić information content (AvgIpc) is 3.46. The molecule has 1 fully saturated rings. The Labute approximate surface area is 180 Å². The number of amides is 1. The molecule has 1 aromatic rings. The second-order valence-electron chi connectivity index (χ2n) is 6.91. The summed E-state index contributed by atoms with van der Waals surface area (Å²) in [6.07, 6.45) is 4.47. The number of carbonyl (C=O) groups is 1. The lowest BCUT2D eigenvalue weighted by atomic mass is 10.1. The summed E-state index contributed by atoms with van der Waals surface area (Å²) in [6.45, 7) is 3.35. The third-order valence-corrected chi connectivity index (χ3v) is 4.23. The first-order valence-electron chi connectivity index (χ1n) is 9.49. The number of likely N-dealkylation sites (N-methyl/N-ethyl adjacent to an activating group) is 1. The topological polar surface area (TPSA) is 66.0 Å². The Morgan fingerprint density at radius 1 is 1.19 bits per heavy atom. The monoisotopic (exact) mass is 488 g/mol. The second-order valence-corrected chi connectivity index (χ2v) is 6.91. The maximum absolute atomic E-state index is 11.8. The zero-order valence-corrected chi connectivity index (χ0v) is 18.8. The lowest BCUT2D eigenvalue weighted by molar-refractivity contribution is -0.127. The van der Waals surface area contributed by atoms with E-state index in [2.05, 4.69) is 27.8 Å². The van der Waals surface area contributed by atoms with Crippen LogP contribution in [0.5, 0.6) is 0 Å². The molecule has 27 heavy (non-hydrogen) atoms. The molecular formula is C20H33IN4O2. The molecule has 2 N–H and O–H groups in total. The van der Waals surface area contributed by atoms with Gasteiger partial charge in [-0.05, 0) is 37.2 Å². The molecule has 1 aromatic carbocycles. The zero-order chi connectivity index (χ0) is 18.6. The normalized spacial score (nSPS) is 13.6. The first kappa shape index (κ1) is 23.7. The Morgan fingerprint density at radius 2 is 1.89 bits per heavy atom. The summed E-state index contributed by atoms with van der Waals surface area (Å²) >= 11 is 0. The SMILES string of the molecule is CN(C)C(=O)CN=C(NCCCOCC1CC1)NCCc1ccccc1.I. The van der Waals surface area contributed by atoms with Crippen LogP contribution in [-0.4, -0.2) is 63.7 Å². The van der Waals surface area contributed by atoms with Crippen LogP contribution in [0.25, 0.3) is 0 Å². The van der Waals surface area contributed by atoms with Crippen LogP contribution in [0.15, 0.2) is 35.3 Å². The molecular weight excluding hydrogens is 455 g/mol. The minimum Gasteiger partial charge on any atom is -0.381 e. The van der Waals surface area contributed by atoms with Gasteiger partial charge in [0.25, 0.3) is 0 Å². The Bertz CT molecular complexity index is 562. The number of halogens is 1. The third kappa shape index (κ3) is 11.2. The summed E-state index contributed by atoms with van der Waals surface area (Å²) < 4.78 is 5.65. The molecule has 7 heteroatoms. The van der Waals surface area contributed by atoms with E-state index in [1.54, 1.807) is 19.0 Å². The van der Waals surface area contributed by atoms with Crippen molar-refractivity contribution in [1.29, 1.82) is 0 Å². The van der Waals surface area contributed by atoms with Gasteiger partial charge in [0.1, 0.15) is 6.54 Å². The van der Waals surface area contributed by atoms with Gasteiger partial charge in [0.05, 0.1) is 0 Å². The van der Waals surface area contributed by atoms with Gasteiger partial charge in [-0.1, -0.05) is 30.3 Å². The number of hydrogen-bond acceptors (Lipinski definition) is 3. The summed E-state index contributed by atoms with van der Waals surface area (Å²) in [4.78, 5) is 17.7. The molecule has 0 unspecified atom stereocenters. The number of ether oxygens (including phenoxy) is 1. The van der Waals surface area contributed by atoms with Crippen molar-refractivity contribution in [2.75, 3.05) is 46.9 Å². The minimum atomic E-state index is -0.0121. The molecule has 0 spiro atoms. The Hall–Kier alpha value is -1.35. The van der Waals surface area contributed by atoms with E-state index in [0.717, 1.165) is 45.1 Å². The van der Waals surface area contributed by atoms with E-state index in [0.29, 0.717) is 5.96 Å². The molecule has 0 atom stereocenters. The highest BCUT2D eigenvalue weighted by Gasteiger charge is 2.20. The van der Waals surface area contributed by atoms with Crippen molar-refractivity contribution in [3.63, 3.8) is 0 Å². The van der Waals surface area contributed by atoms with E-state index in [1.807, 2.05) is 18.2 Å². The van der Waals surface area contributed by atoms with Crippen molar-refractivity contribution in [2.24, 2.45) is 10.9 Å². The molecule has 1 saturated carbocycles. The summed E-state index contributed by atoms with van der Waals surface area (Å²) in [5, 5.41) is 6.60. The van der Waals surface area contributed by atoms with Crippen molar-refractivity contribution < 1.29 is 9.53 Å². The van der Waals surface area contributed by atoms with Gasteiger partial charge in [0, 0.05) is 40.4 Å². The van der Waals surface area contributed by atoms with E-state index in [9.17, 15) is 4.79 Å². The van der Waals surface area contributed by atoms with Crippen molar-refractivity contribution in [1.82, 2.24) is 15.5 Å². The number of guanidine groups is 1. The van der Waals surface area contributed by atoms with Crippen LogP contribution in [0.2, 0.25) is 0 Å². The van der Waals surface area contributed by atoms with Crippen LogP contribution in [-0.2, 0) is 16.0 Å². The molecule has 2 rings (SSSR count). The highest BCUT2D eigenvalue weighted by atomic mass is 127. The van der Waals surface area contributed by atoms with Crippen LogP contribution in [0.4, 0.5) is 0 Å². The van der Waals surface area contributed by atoms with Gasteiger partial charge in [-0.2, -0.15) is 0 Å². The first-order valence-corrected chi connectivity index (χ1v) is 9.49. The van der Waals surface area contributed by atoms with Gasteiger partial charge in [0.2, 0.25) is 5.91 Å². The summed E-state index contributed by atoms with van der Waals surface area (Å²) in [7, 11) is 3.48. The summed E-state index contributed by atoms with van der Waals surface area (Å²) in [6, 6.07) is 10.3. The highest BCUT2D eigenvalue weighted by molar-refractivity contribution is 14.0. The fourth-order valence-electron chi connectivity index (χ4n) is 2.35. The highest BCUT2D eigenvalue weighted by Crippen LogP contribution is 2.28. The van der Waals surface area contributed by atoms with Crippen LogP contribution in [0, 0.1) is 5.92 Å². The van der Waals surface area contributed by atoms with Crippen molar-refractivity contribution in [2.45, 2.75) is 25.7 Å². The first-order chi connectivity index (χ1) is 12.6. The van der Waals surface area contributed by atoms with Crippen molar-refractivity contribution in [3.05, 3.63) is 35.9 Å². The molecule has 0 aromatic heterocycles. The molecule has 0 radical (unpaired) electrons. The summed E-state index contributed by atoms with van der Waals surface area (Å²) in [5.74, 6) is 1.47. The molecule has 6 nitrogen and oxygen atoms in total. The maximum atomic E-state index is 11.8. The van der Waals surface area contributed by atoms with Gasteiger partial charge in [0.15, 0.2) is 5.96 Å². The zero-order valence-electron chi connectivity index (χ0n) is 16.4. The Balaban J connectivity index is 0.00000364. The largest absolute Gasteiger partial charge is 0.381 e. The Kier molecular flexibility index (Phi) is 12.1. The van der Waals surface area contributed by atoms with E-state index in [-0.39, 0.29) is 36.4 Å². The molecule has 1 aliphatic carbocycles. The van der Waals surface area contributed by atoms with E-state index in [1.165, 1.54) is 18.4 Å². The number of aliphatic imine (C=N–C) groups is 1. The quantitative estimate of drug-likeness (QED) is 0.217. The van der Waals surface area contributed by atoms with Crippen LogP contribution >= 0.6 is 24.0 Å². The third-order valence-electron chi connectivity index (χ3n) is 4.23. The van der Waals surface area contributed by atoms with Crippen LogP contribution < -0.4 is 10.6 Å². The van der Waals surface area contributed by atoms with Crippen LogP contribution in [0.1, 0.15) is 24.8 Å². The fraction of sp³-hybridized carbons (Fsp3) is 0.600. The number of nitrogens with one attached hydrogen (secondary N) is 2. The van der Waals surface area contributed by atoms with Crippen molar-refractivity contribution >= 4 is 35.8 Å². The molecule has 1 amide bonds. The minimum absolute atomic E-state index is 0. The van der Waals surface area contributed by atoms with Crippen LogP contribution in [0.3, 0.4) is 0 Å². The Morgan fingerprint density at radius 3 is 2.56 bits per heavy atom. The van der Waals surface area contributed by atoms with E-state index in [4.69, 9.17) is 4.74 Å². The number of nitrogens with zero attached hydrogens (tertiary/aromatic N) is 2. The number of rotatable bonds is 11. The van der Waals surface area contributed by atoms with E-state index >= 15 is 0 Å². The lowest BCUT2D eigenvalue weighted by Gasteiger charge is -2.14. The molecule has 0 bridgehead atoms. The smallest absolute Gasteiger partial charge is 0.243 e.